The zero-order chi connectivity index (χ0) is 23.8. The van der Waals surface area contributed by atoms with Crippen molar-refractivity contribution in [3.05, 3.63) is 53.6 Å². The van der Waals surface area contributed by atoms with Crippen LogP contribution in [-0.4, -0.2) is 34.1 Å². The highest BCUT2D eigenvalue weighted by Crippen LogP contribution is 2.38. The molecule has 2 fully saturated rings. The van der Waals surface area contributed by atoms with E-state index >= 15 is 0 Å². The third-order valence-electron chi connectivity index (χ3n) is 8.71. The van der Waals surface area contributed by atoms with Crippen molar-refractivity contribution in [1.82, 2.24) is 15.0 Å². The number of benzene rings is 1. The van der Waals surface area contributed by atoms with Crippen molar-refractivity contribution in [3.8, 4) is 0 Å². The van der Waals surface area contributed by atoms with Gasteiger partial charge in [-0.2, -0.15) is 0 Å². The van der Waals surface area contributed by atoms with Crippen molar-refractivity contribution in [2.45, 2.75) is 89.5 Å². The van der Waals surface area contributed by atoms with Gasteiger partial charge in [-0.1, -0.05) is 13.8 Å². The third-order valence-corrected chi connectivity index (χ3v) is 8.71. The lowest BCUT2D eigenvalue weighted by atomic mass is 9.82. The summed E-state index contributed by atoms with van der Waals surface area (Å²) < 4.78 is 0. The van der Waals surface area contributed by atoms with Gasteiger partial charge in [-0.15, -0.1) is 0 Å². The van der Waals surface area contributed by atoms with E-state index in [0.29, 0.717) is 12.0 Å². The molecule has 3 aromatic rings. The molecule has 0 amide bonds. The van der Waals surface area contributed by atoms with Crippen molar-refractivity contribution in [2.24, 2.45) is 5.92 Å². The van der Waals surface area contributed by atoms with E-state index in [4.69, 9.17) is 9.97 Å². The number of rotatable bonds is 5. The van der Waals surface area contributed by atoms with Crippen LogP contribution in [0, 0.1) is 5.92 Å². The van der Waals surface area contributed by atoms with Crippen LogP contribution in [0.1, 0.15) is 82.0 Å². The van der Waals surface area contributed by atoms with Gasteiger partial charge in [-0.25, -0.2) is 0 Å². The lowest BCUT2D eigenvalue weighted by Crippen LogP contribution is -2.29. The number of nitrogens with zero attached hydrogens (tertiary/aromatic N) is 4. The Hall–Kier alpha value is -2.69. The summed E-state index contributed by atoms with van der Waals surface area (Å²) in [7, 11) is 0. The van der Waals surface area contributed by atoms with Gasteiger partial charge >= 0.3 is 0 Å². The number of fused-ring (bicyclic) bond motifs is 2. The first-order chi connectivity index (χ1) is 17.0. The third kappa shape index (κ3) is 4.74. The summed E-state index contributed by atoms with van der Waals surface area (Å²) in [5.41, 5.74) is 9.05. The second kappa shape index (κ2) is 9.40. The molecule has 2 aliphatic carbocycles. The summed E-state index contributed by atoms with van der Waals surface area (Å²) in [5.74, 6) is 0.716. The highest BCUT2D eigenvalue weighted by Gasteiger charge is 2.31. The number of aryl methyl sites for hydroxylation is 1. The van der Waals surface area contributed by atoms with Gasteiger partial charge in [0.05, 0.1) is 22.9 Å². The van der Waals surface area contributed by atoms with Gasteiger partial charge in [0.25, 0.3) is 0 Å². The van der Waals surface area contributed by atoms with Gasteiger partial charge in [0.15, 0.2) is 0 Å². The zero-order valence-corrected chi connectivity index (χ0v) is 21.4. The van der Waals surface area contributed by atoms with E-state index in [1.165, 1.54) is 79.6 Å². The average Bonchev–Trinajstić information content (AvgIpc) is 3.19. The summed E-state index contributed by atoms with van der Waals surface area (Å²) in [6, 6.07) is 7.59. The molecule has 35 heavy (non-hydrogen) atoms. The predicted molar refractivity (Wildman–Crippen MR) is 144 cm³/mol. The van der Waals surface area contributed by atoms with Gasteiger partial charge in [0.1, 0.15) is 0 Å². The maximum Gasteiger partial charge on any atom is 0.0920 e. The molecule has 1 N–H and O–H groups in total. The first-order valence-electron chi connectivity index (χ1n) is 13.8. The van der Waals surface area contributed by atoms with E-state index in [9.17, 15) is 0 Å². The first kappa shape index (κ1) is 22.8. The SMILES string of the molecule is CC1(C)CCc2cc(NC3CCC(Cc4cc(N5CCCCC5)cc5nccnc45)CC3)cnc21. The Labute approximate surface area is 209 Å². The molecule has 0 atom stereocenters. The predicted octanol–water partition coefficient (Wildman–Crippen LogP) is 6.45. The highest BCUT2D eigenvalue weighted by atomic mass is 15.1. The van der Waals surface area contributed by atoms with Crippen LogP contribution in [0.15, 0.2) is 36.8 Å². The maximum absolute atomic E-state index is 4.84. The maximum atomic E-state index is 4.84. The van der Waals surface area contributed by atoms with Crippen LogP contribution in [0.25, 0.3) is 11.0 Å². The highest BCUT2D eigenvalue weighted by molar-refractivity contribution is 5.82. The van der Waals surface area contributed by atoms with E-state index in [0.717, 1.165) is 37.0 Å². The number of hydrogen-bond acceptors (Lipinski definition) is 5. The van der Waals surface area contributed by atoms with Crippen molar-refractivity contribution >= 4 is 22.4 Å². The molecule has 5 heteroatoms. The second-order valence-electron chi connectivity index (χ2n) is 11.8. The van der Waals surface area contributed by atoms with E-state index in [2.05, 4.69) is 53.4 Å². The summed E-state index contributed by atoms with van der Waals surface area (Å²) in [5, 5.41) is 3.81. The monoisotopic (exact) mass is 469 g/mol. The fourth-order valence-electron chi connectivity index (χ4n) is 6.63. The smallest absolute Gasteiger partial charge is 0.0920 e. The van der Waals surface area contributed by atoms with Gasteiger partial charge in [-0.05, 0) is 99.5 Å². The summed E-state index contributed by atoms with van der Waals surface area (Å²) in [6.45, 7) is 6.96. The number of nitrogens with one attached hydrogen (secondary N) is 1. The van der Waals surface area contributed by atoms with Crippen LogP contribution in [0.3, 0.4) is 0 Å². The Balaban J connectivity index is 1.12. The van der Waals surface area contributed by atoms with Crippen molar-refractivity contribution in [2.75, 3.05) is 23.3 Å². The molecule has 3 aliphatic rings. The van der Waals surface area contributed by atoms with Crippen LogP contribution in [0.2, 0.25) is 0 Å². The minimum absolute atomic E-state index is 0.228. The van der Waals surface area contributed by atoms with Crippen LogP contribution in [0.4, 0.5) is 11.4 Å². The van der Waals surface area contributed by atoms with Crippen molar-refractivity contribution in [3.63, 3.8) is 0 Å². The number of aromatic nitrogens is 3. The molecule has 2 aromatic heterocycles. The molecule has 6 rings (SSSR count). The Morgan fingerprint density at radius 2 is 1.74 bits per heavy atom. The largest absolute Gasteiger partial charge is 0.381 e. The average molecular weight is 470 g/mol. The van der Waals surface area contributed by atoms with Gasteiger partial charge < -0.3 is 10.2 Å². The van der Waals surface area contributed by atoms with Gasteiger partial charge in [-0.3, -0.25) is 15.0 Å². The van der Waals surface area contributed by atoms with Crippen molar-refractivity contribution < 1.29 is 0 Å². The minimum Gasteiger partial charge on any atom is -0.381 e. The fraction of sp³-hybridized carbons (Fsp3) is 0.567. The van der Waals surface area contributed by atoms with Crippen LogP contribution >= 0.6 is 0 Å². The lowest BCUT2D eigenvalue weighted by Gasteiger charge is -2.31. The van der Waals surface area contributed by atoms with E-state index in [-0.39, 0.29) is 5.41 Å². The molecular weight excluding hydrogens is 430 g/mol. The molecule has 184 valence electrons. The normalized spacial score (nSPS) is 23.9. The fourth-order valence-corrected chi connectivity index (χ4v) is 6.63. The Morgan fingerprint density at radius 1 is 0.943 bits per heavy atom. The lowest BCUT2D eigenvalue weighted by molar-refractivity contribution is 0.337. The molecule has 0 bridgehead atoms. The van der Waals surface area contributed by atoms with Gasteiger partial charge in [0.2, 0.25) is 0 Å². The van der Waals surface area contributed by atoms with E-state index < -0.39 is 0 Å². The van der Waals surface area contributed by atoms with Crippen LogP contribution in [0.5, 0.6) is 0 Å². The Kier molecular flexibility index (Phi) is 6.11. The number of anilines is 2. The van der Waals surface area contributed by atoms with Crippen LogP contribution < -0.4 is 10.2 Å². The summed E-state index contributed by atoms with van der Waals surface area (Å²) >= 11 is 0. The van der Waals surface area contributed by atoms with Gasteiger partial charge in [0, 0.05) is 48.3 Å². The molecule has 1 aromatic carbocycles. The second-order valence-corrected chi connectivity index (χ2v) is 11.8. The molecule has 0 radical (unpaired) electrons. The minimum atomic E-state index is 0.228. The molecule has 0 unspecified atom stereocenters. The Bertz CT molecular complexity index is 1190. The summed E-state index contributed by atoms with van der Waals surface area (Å²) in [6.07, 6.45) is 18.1. The molecule has 1 aliphatic heterocycles. The first-order valence-corrected chi connectivity index (χ1v) is 13.8. The topological polar surface area (TPSA) is 53.9 Å². The molecule has 1 saturated carbocycles. The number of pyridine rings is 1. The summed E-state index contributed by atoms with van der Waals surface area (Å²) in [4.78, 5) is 16.8. The molecule has 1 saturated heterocycles. The van der Waals surface area contributed by atoms with Crippen LogP contribution in [-0.2, 0) is 18.3 Å². The molecular formula is C30H39N5. The standard InChI is InChI=1S/C30H39N5/c1-30(2)11-10-22-17-25(20-33-29(22)30)34-24-8-6-21(7-9-24)16-23-18-26(35-14-4-3-5-15-35)19-27-28(23)32-13-12-31-27/h12-13,17-21,24,34H,3-11,14-16H2,1-2H3. The molecule has 5 nitrogen and oxygen atoms in total. The quantitative estimate of drug-likeness (QED) is 0.465. The Morgan fingerprint density at radius 3 is 2.57 bits per heavy atom. The molecule has 3 heterocycles. The van der Waals surface area contributed by atoms with Crippen molar-refractivity contribution in [1.29, 1.82) is 0 Å². The number of hydrogen-bond donors (Lipinski definition) is 1. The zero-order valence-electron chi connectivity index (χ0n) is 21.4. The van der Waals surface area contributed by atoms with E-state index in [1.807, 2.05) is 12.4 Å². The van der Waals surface area contributed by atoms with E-state index in [1.54, 1.807) is 0 Å². The number of piperidine rings is 1. The molecule has 0 spiro atoms.